The van der Waals surface area contributed by atoms with Crippen LogP contribution in [0.1, 0.15) is 18.0 Å². The Morgan fingerprint density at radius 3 is 2.71 bits per heavy atom. The highest BCUT2D eigenvalue weighted by atomic mass is 79.9. The maximum atomic E-state index is 13.8. The van der Waals surface area contributed by atoms with Gasteiger partial charge in [0.25, 0.3) is 0 Å². The third-order valence-electron chi connectivity index (χ3n) is 3.05. The molecule has 1 heterocycles. The predicted octanol–water partition coefficient (Wildman–Crippen LogP) is 5.51. The van der Waals surface area contributed by atoms with Gasteiger partial charge in [-0.15, -0.1) is 11.3 Å². The fourth-order valence-corrected chi connectivity index (χ4v) is 3.53. The first-order valence-corrected chi connectivity index (χ1v) is 7.92. The van der Waals surface area contributed by atoms with E-state index in [9.17, 15) is 8.78 Å². The van der Waals surface area contributed by atoms with E-state index in [1.807, 2.05) is 31.2 Å². The molecule has 0 aliphatic heterocycles. The Morgan fingerprint density at radius 2 is 2.00 bits per heavy atom. The molecular formula is C15H11BrF2N2S. The van der Waals surface area contributed by atoms with E-state index in [2.05, 4.69) is 26.2 Å². The van der Waals surface area contributed by atoms with Gasteiger partial charge >= 0.3 is 0 Å². The highest BCUT2D eigenvalue weighted by Crippen LogP contribution is 2.32. The van der Waals surface area contributed by atoms with Gasteiger partial charge in [0.15, 0.2) is 0 Å². The van der Waals surface area contributed by atoms with E-state index in [1.165, 1.54) is 6.07 Å². The molecule has 1 unspecified atom stereocenters. The first-order chi connectivity index (χ1) is 10.0. The van der Waals surface area contributed by atoms with E-state index in [-0.39, 0.29) is 11.7 Å². The smallest absolute Gasteiger partial charge is 0.150 e. The van der Waals surface area contributed by atoms with Crippen LogP contribution in [-0.4, -0.2) is 4.98 Å². The van der Waals surface area contributed by atoms with Crippen molar-refractivity contribution in [1.82, 2.24) is 4.98 Å². The standard InChI is InChI=1S/C15H11BrF2N2S/c1-8(15-20-12-4-2-3-5-13(12)21-15)19-14-10(16)6-9(17)7-11(14)18/h2-8,19H,1H3. The Morgan fingerprint density at radius 1 is 1.24 bits per heavy atom. The van der Waals surface area contributed by atoms with E-state index in [1.54, 1.807) is 11.3 Å². The van der Waals surface area contributed by atoms with Gasteiger partial charge in [-0.1, -0.05) is 12.1 Å². The summed E-state index contributed by atoms with van der Waals surface area (Å²) < 4.78 is 28.4. The number of hydrogen-bond donors (Lipinski definition) is 1. The van der Waals surface area contributed by atoms with Gasteiger partial charge in [0.1, 0.15) is 16.6 Å². The number of nitrogens with one attached hydrogen (secondary N) is 1. The largest absolute Gasteiger partial charge is 0.373 e. The molecular weight excluding hydrogens is 358 g/mol. The normalized spacial score (nSPS) is 12.6. The van der Waals surface area contributed by atoms with E-state index in [0.29, 0.717) is 4.47 Å². The molecule has 0 saturated carbocycles. The van der Waals surface area contributed by atoms with E-state index in [0.717, 1.165) is 21.3 Å². The average Bonchev–Trinajstić information content (AvgIpc) is 2.86. The minimum atomic E-state index is -0.630. The number of anilines is 1. The molecule has 6 heteroatoms. The van der Waals surface area contributed by atoms with Crippen molar-refractivity contribution >= 4 is 43.2 Å². The molecule has 2 nitrogen and oxygen atoms in total. The van der Waals surface area contributed by atoms with Gasteiger partial charge in [0, 0.05) is 10.5 Å². The average molecular weight is 369 g/mol. The second-order valence-electron chi connectivity index (χ2n) is 4.63. The van der Waals surface area contributed by atoms with Crippen LogP contribution >= 0.6 is 27.3 Å². The summed E-state index contributed by atoms with van der Waals surface area (Å²) >= 11 is 4.73. The van der Waals surface area contributed by atoms with Gasteiger partial charge in [0.2, 0.25) is 0 Å². The quantitative estimate of drug-likeness (QED) is 0.659. The minimum absolute atomic E-state index is 0.182. The molecule has 3 rings (SSSR count). The van der Waals surface area contributed by atoms with Crippen LogP contribution in [0.5, 0.6) is 0 Å². The molecule has 21 heavy (non-hydrogen) atoms. The third-order valence-corrected chi connectivity index (χ3v) is 4.89. The van der Waals surface area contributed by atoms with Gasteiger partial charge in [-0.3, -0.25) is 0 Å². The summed E-state index contributed by atoms with van der Waals surface area (Å²) in [4.78, 5) is 4.53. The van der Waals surface area contributed by atoms with Crippen molar-refractivity contribution in [3.8, 4) is 0 Å². The van der Waals surface area contributed by atoms with Crippen molar-refractivity contribution in [2.24, 2.45) is 0 Å². The number of halogens is 3. The lowest BCUT2D eigenvalue weighted by molar-refractivity contribution is 0.582. The van der Waals surface area contributed by atoms with Crippen LogP contribution in [0.2, 0.25) is 0 Å². The topological polar surface area (TPSA) is 24.9 Å². The van der Waals surface area contributed by atoms with Crippen molar-refractivity contribution in [3.63, 3.8) is 0 Å². The van der Waals surface area contributed by atoms with Crippen LogP contribution < -0.4 is 5.32 Å². The fraction of sp³-hybridized carbons (Fsp3) is 0.133. The Balaban J connectivity index is 1.91. The lowest BCUT2D eigenvalue weighted by Crippen LogP contribution is -2.08. The minimum Gasteiger partial charge on any atom is -0.373 e. The van der Waals surface area contributed by atoms with Crippen LogP contribution in [-0.2, 0) is 0 Å². The summed E-state index contributed by atoms with van der Waals surface area (Å²) in [6, 6.07) is 9.74. The zero-order chi connectivity index (χ0) is 15.0. The van der Waals surface area contributed by atoms with E-state index >= 15 is 0 Å². The van der Waals surface area contributed by atoms with Crippen molar-refractivity contribution < 1.29 is 8.78 Å². The first-order valence-electron chi connectivity index (χ1n) is 6.31. The Labute approximate surface area is 133 Å². The molecule has 0 fully saturated rings. The summed E-state index contributed by atoms with van der Waals surface area (Å²) in [6.07, 6.45) is 0. The predicted molar refractivity (Wildman–Crippen MR) is 85.7 cm³/mol. The second-order valence-corrected chi connectivity index (χ2v) is 6.55. The molecule has 0 amide bonds. The van der Waals surface area contributed by atoms with E-state index in [4.69, 9.17) is 0 Å². The zero-order valence-corrected chi connectivity index (χ0v) is 13.4. The molecule has 3 aromatic rings. The van der Waals surface area contributed by atoms with Crippen molar-refractivity contribution in [2.45, 2.75) is 13.0 Å². The Bertz CT molecular complexity index is 747. The number of aromatic nitrogens is 1. The molecule has 0 aliphatic rings. The van der Waals surface area contributed by atoms with Gasteiger partial charge in [-0.2, -0.15) is 0 Å². The van der Waals surface area contributed by atoms with Gasteiger partial charge in [0.05, 0.1) is 21.9 Å². The molecule has 1 atom stereocenters. The highest BCUT2D eigenvalue weighted by molar-refractivity contribution is 9.10. The maximum absolute atomic E-state index is 13.8. The van der Waals surface area contributed by atoms with Crippen molar-refractivity contribution in [3.05, 3.63) is 57.5 Å². The van der Waals surface area contributed by atoms with Crippen LogP contribution in [0.25, 0.3) is 10.2 Å². The van der Waals surface area contributed by atoms with Crippen LogP contribution in [0.4, 0.5) is 14.5 Å². The molecule has 0 aliphatic carbocycles. The highest BCUT2D eigenvalue weighted by Gasteiger charge is 2.16. The summed E-state index contributed by atoms with van der Waals surface area (Å²) in [7, 11) is 0. The third kappa shape index (κ3) is 2.91. The van der Waals surface area contributed by atoms with Crippen molar-refractivity contribution in [2.75, 3.05) is 5.32 Å². The summed E-state index contributed by atoms with van der Waals surface area (Å²) in [5, 5.41) is 3.90. The number of para-hydroxylation sites is 1. The first kappa shape index (κ1) is 14.4. The monoisotopic (exact) mass is 368 g/mol. The van der Waals surface area contributed by atoms with Gasteiger partial charge in [-0.25, -0.2) is 13.8 Å². The van der Waals surface area contributed by atoms with Gasteiger partial charge in [-0.05, 0) is 41.1 Å². The number of nitrogens with zero attached hydrogens (tertiary/aromatic N) is 1. The number of fused-ring (bicyclic) bond motifs is 1. The second kappa shape index (κ2) is 5.69. The molecule has 2 aromatic carbocycles. The molecule has 0 radical (unpaired) electrons. The van der Waals surface area contributed by atoms with Crippen LogP contribution in [0, 0.1) is 11.6 Å². The lowest BCUT2D eigenvalue weighted by atomic mass is 10.2. The summed E-state index contributed by atoms with van der Waals surface area (Å²) in [5.41, 5.74) is 1.16. The maximum Gasteiger partial charge on any atom is 0.150 e. The van der Waals surface area contributed by atoms with Gasteiger partial charge < -0.3 is 5.32 Å². The Hall–Kier alpha value is -1.53. The molecule has 1 aromatic heterocycles. The molecule has 1 N–H and O–H groups in total. The fourth-order valence-electron chi connectivity index (χ4n) is 2.03. The van der Waals surface area contributed by atoms with Crippen LogP contribution in [0.15, 0.2) is 40.9 Å². The Kier molecular flexibility index (Phi) is 3.91. The molecule has 108 valence electrons. The number of rotatable bonds is 3. The molecule has 0 bridgehead atoms. The lowest BCUT2D eigenvalue weighted by Gasteiger charge is -2.15. The summed E-state index contributed by atoms with van der Waals surface area (Å²) in [6.45, 7) is 1.90. The number of benzene rings is 2. The van der Waals surface area contributed by atoms with E-state index < -0.39 is 11.6 Å². The number of hydrogen-bond acceptors (Lipinski definition) is 3. The summed E-state index contributed by atoms with van der Waals surface area (Å²) in [5.74, 6) is -1.24. The van der Waals surface area contributed by atoms with Crippen molar-refractivity contribution in [1.29, 1.82) is 0 Å². The van der Waals surface area contributed by atoms with Crippen LogP contribution in [0.3, 0.4) is 0 Å². The SMILES string of the molecule is CC(Nc1c(F)cc(F)cc1Br)c1nc2ccccc2s1. The molecule has 0 spiro atoms. The zero-order valence-electron chi connectivity index (χ0n) is 11.0. The molecule has 0 saturated heterocycles. The number of thiazole rings is 1.